The Balaban J connectivity index is 2.03. The molecule has 0 aliphatic rings. The summed E-state index contributed by atoms with van der Waals surface area (Å²) in [7, 11) is 0. The van der Waals surface area contributed by atoms with E-state index in [0.29, 0.717) is 0 Å². The van der Waals surface area contributed by atoms with Crippen molar-refractivity contribution in [3.63, 3.8) is 0 Å². The quantitative estimate of drug-likeness (QED) is 0.637. The summed E-state index contributed by atoms with van der Waals surface area (Å²) in [5, 5.41) is 2.96. The summed E-state index contributed by atoms with van der Waals surface area (Å²) in [6.45, 7) is 2.03. The van der Waals surface area contributed by atoms with Crippen LogP contribution in [0.5, 0.6) is 0 Å². The minimum Gasteiger partial charge on any atom is -0.274 e. The molecular weight excluding hydrogens is 276 g/mol. The molecule has 3 heteroatoms. The first kappa shape index (κ1) is 13.7. The minimum atomic E-state index is 0.0105. The number of nitrogens with zero attached hydrogens (tertiary/aromatic N) is 2. The van der Waals surface area contributed by atoms with Gasteiger partial charge in [-0.1, -0.05) is 60.7 Å². The van der Waals surface area contributed by atoms with Gasteiger partial charge in [0.15, 0.2) is 0 Å². The summed E-state index contributed by atoms with van der Waals surface area (Å²) in [5.74, 6) is 0. The van der Waals surface area contributed by atoms with Crippen LogP contribution in [0.15, 0.2) is 77.2 Å². The maximum atomic E-state index is 4.92. The topological polar surface area (TPSA) is 25.2 Å². The van der Waals surface area contributed by atoms with Crippen LogP contribution in [0.25, 0.3) is 0 Å². The Labute approximate surface area is 128 Å². The lowest BCUT2D eigenvalue weighted by molar-refractivity contribution is 0.871. The Hall–Kier alpha value is -2.26. The van der Waals surface area contributed by atoms with Gasteiger partial charge >= 0.3 is 0 Å². The van der Waals surface area contributed by atoms with E-state index in [1.807, 2.05) is 30.6 Å². The Morgan fingerprint density at radius 2 is 1.52 bits per heavy atom. The first-order valence-electron chi connectivity index (χ1n) is 6.89. The highest BCUT2D eigenvalue weighted by molar-refractivity contribution is 7.11. The first-order chi connectivity index (χ1) is 10.3. The van der Waals surface area contributed by atoms with Crippen molar-refractivity contribution >= 4 is 17.0 Å². The van der Waals surface area contributed by atoms with Crippen LogP contribution in [-0.4, -0.2) is 10.7 Å². The third kappa shape index (κ3) is 3.26. The lowest BCUT2D eigenvalue weighted by Gasteiger charge is -2.14. The third-order valence-corrected chi connectivity index (χ3v) is 4.18. The maximum Gasteiger partial charge on any atom is 0.136 e. The average molecular weight is 292 g/mol. The summed E-state index contributed by atoms with van der Waals surface area (Å²) >= 11 is 1.62. The van der Waals surface area contributed by atoms with Gasteiger partial charge in [-0.05, 0) is 18.1 Å². The fourth-order valence-corrected chi connectivity index (χ4v) is 2.86. The Morgan fingerprint density at radius 3 is 2.00 bits per heavy atom. The van der Waals surface area contributed by atoms with Gasteiger partial charge in [-0.25, -0.2) is 4.98 Å². The number of aliphatic imine (C=N–C) groups is 1. The van der Waals surface area contributed by atoms with Gasteiger partial charge in [0.1, 0.15) is 11.0 Å². The molecule has 21 heavy (non-hydrogen) atoms. The second kappa shape index (κ2) is 6.46. The minimum absolute atomic E-state index is 0.0105. The summed E-state index contributed by atoms with van der Waals surface area (Å²) in [6, 6.07) is 20.8. The normalized spacial score (nSPS) is 11.8. The molecule has 2 nitrogen and oxygen atoms in total. The number of thiazole rings is 1. The molecule has 0 saturated heterocycles. The predicted molar refractivity (Wildman–Crippen MR) is 89.1 cm³/mol. The molecule has 0 spiro atoms. The highest BCUT2D eigenvalue weighted by Crippen LogP contribution is 2.26. The molecule has 104 valence electrons. The molecular formula is C18H16N2S. The second-order valence-electron chi connectivity index (χ2n) is 4.78. The number of hydrogen-bond donors (Lipinski definition) is 0. The molecule has 1 aromatic heterocycles. The van der Waals surface area contributed by atoms with E-state index in [2.05, 4.69) is 53.5 Å². The lowest BCUT2D eigenvalue weighted by Crippen LogP contribution is -2.03. The smallest absolute Gasteiger partial charge is 0.136 e. The van der Waals surface area contributed by atoms with Gasteiger partial charge < -0.3 is 0 Å². The zero-order valence-corrected chi connectivity index (χ0v) is 12.6. The van der Waals surface area contributed by atoms with E-state index in [1.165, 1.54) is 11.1 Å². The Morgan fingerprint density at radius 1 is 0.952 bits per heavy atom. The Kier molecular flexibility index (Phi) is 4.22. The van der Waals surface area contributed by atoms with Crippen molar-refractivity contribution < 1.29 is 0 Å². The van der Waals surface area contributed by atoms with Gasteiger partial charge in [-0.2, -0.15) is 0 Å². The fraction of sp³-hybridized carbons (Fsp3) is 0.111. The molecule has 1 heterocycles. The molecule has 0 bridgehead atoms. The van der Waals surface area contributed by atoms with Gasteiger partial charge in [-0.15, -0.1) is 11.3 Å². The van der Waals surface area contributed by atoms with E-state index in [0.717, 1.165) is 10.7 Å². The number of benzene rings is 2. The molecule has 0 unspecified atom stereocenters. The lowest BCUT2D eigenvalue weighted by atomic mass is 9.99. The van der Waals surface area contributed by atoms with E-state index in [-0.39, 0.29) is 6.04 Å². The predicted octanol–water partition coefficient (Wildman–Crippen LogP) is 4.74. The number of aromatic nitrogens is 1. The standard InChI is InChI=1S/C18H16N2S/c1-14(18-19-12-13-21-18)20-17(15-8-4-2-5-9-15)16-10-6-3-7-11-16/h2-13,17H,1H3/b20-14+. The number of hydrogen-bond acceptors (Lipinski definition) is 3. The van der Waals surface area contributed by atoms with Gasteiger partial charge in [0.2, 0.25) is 0 Å². The van der Waals surface area contributed by atoms with Crippen LogP contribution in [0, 0.1) is 0 Å². The van der Waals surface area contributed by atoms with Crippen molar-refractivity contribution in [1.29, 1.82) is 0 Å². The van der Waals surface area contributed by atoms with E-state index in [4.69, 9.17) is 4.99 Å². The molecule has 0 fully saturated rings. The van der Waals surface area contributed by atoms with Crippen LogP contribution < -0.4 is 0 Å². The molecule has 0 aliphatic carbocycles. The van der Waals surface area contributed by atoms with E-state index < -0.39 is 0 Å². The molecule has 0 saturated carbocycles. The largest absolute Gasteiger partial charge is 0.274 e. The maximum absolute atomic E-state index is 4.92. The third-order valence-electron chi connectivity index (χ3n) is 3.30. The van der Waals surface area contributed by atoms with Gasteiger partial charge in [0.05, 0.1) is 5.71 Å². The molecule has 3 rings (SSSR count). The van der Waals surface area contributed by atoms with Crippen LogP contribution in [0.3, 0.4) is 0 Å². The summed E-state index contributed by atoms with van der Waals surface area (Å²) in [5.41, 5.74) is 3.36. The van der Waals surface area contributed by atoms with Crippen LogP contribution in [-0.2, 0) is 0 Å². The highest BCUT2D eigenvalue weighted by atomic mass is 32.1. The zero-order valence-electron chi connectivity index (χ0n) is 11.8. The average Bonchev–Trinajstić information content (AvgIpc) is 3.09. The van der Waals surface area contributed by atoms with E-state index >= 15 is 0 Å². The first-order valence-corrected chi connectivity index (χ1v) is 7.77. The van der Waals surface area contributed by atoms with Crippen molar-refractivity contribution in [2.24, 2.45) is 4.99 Å². The molecule has 0 atom stereocenters. The van der Waals surface area contributed by atoms with Gasteiger partial charge in [0.25, 0.3) is 0 Å². The van der Waals surface area contributed by atoms with Crippen molar-refractivity contribution in [3.05, 3.63) is 88.4 Å². The molecule has 2 aromatic carbocycles. The van der Waals surface area contributed by atoms with Crippen LogP contribution in [0.1, 0.15) is 29.1 Å². The fourth-order valence-electron chi connectivity index (χ4n) is 2.26. The van der Waals surface area contributed by atoms with E-state index in [9.17, 15) is 0 Å². The van der Waals surface area contributed by atoms with Crippen molar-refractivity contribution in [3.8, 4) is 0 Å². The molecule has 0 radical (unpaired) electrons. The van der Waals surface area contributed by atoms with Crippen molar-refractivity contribution in [1.82, 2.24) is 4.98 Å². The molecule has 0 aliphatic heterocycles. The van der Waals surface area contributed by atoms with Crippen LogP contribution >= 0.6 is 11.3 Å². The SMILES string of the molecule is C/C(=N\C(c1ccccc1)c1ccccc1)c1nccs1. The van der Waals surface area contributed by atoms with Crippen LogP contribution in [0.2, 0.25) is 0 Å². The van der Waals surface area contributed by atoms with Crippen LogP contribution in [0.4, 0.5) is 0 Å². The van der Waals surface area contributed by atoms with E-state index in [1.54, 1.807) is 11.3 Å². The monoisotopic (exact) mass is 292 g/mol. The van der Waals surface area contributed by atoms with Crippen molar-refractivity contribution in [2.45, 2.75) is 13.0 Å². The summed E-state index contributed by atoms with van der Waals surface area (Å²) in [6.07, 6.45) is 1.82. The second-order valence-corrected chi connectivity index (χ2v) is 5.67. The molecule has 3 aromatic rings. The molecule has 0 N–H and O–H groups in total. The van der Waals surface area contributed by atoms with Crippen molar-refractivity contribution in [2.75, 3.05) is 0 Å². The number of rotatable bonds is 4. The highest BCUT2D eigenvalue weighted by Gasteiger charge is 2.13. The van der Waals surface area contributed by atoms with Gasteiger partial charge in [-0.3, -0.25) is 4.99 Å². The van der Waals surface area contributed by atoms with Gasteiger partial charge in [0, 0.05) is 11.6 Å². The summed E-state index contributed by atoms with van der Waals surface area (Å²) < 4.78 is 0. The summed E-state index contributed by atoms with van der Waals surface area (Å²) in [4.78, 5) is 9.27. The Bertz CT molecular complexity index is 664. The zero-order chi connectivity index (χ0) is 14.5. The molecule has 0 amide bonds.